The summed E-state index contributed by atoms with van der Waals surface area (Å²) in [5.74, 6) is -0.187. The molecule has 0 aromatic heterocycles. The Hall–Kier alpha value is -2.08. The Bertz CT molecular complexity index is 509. The van der Waals surface area contributed by atoms with Crippen molar-refractivity contribution < 1.29 is 9.59 Å². The molecule has 1 aliphatic carbocycles. The molecule has 0 bridgehead atoms. The third kappa shape index (κ3) is 4.75. The molecule has 1 fully saturated rings. The predicted octanol–water partition coefficient (Wildman–Crippen LogP) is 1.49. The summed E-state index contributed by atoms with van der Waals surface area (Å²) in [6.07, 6.45) is 2.12. The van der Waals surface area contributed by atoms with Gasteiger partial charge in [0.25, 0.3) is 0 Å². The van der Waals surface area contributed by atoms with Crippen molar-refractivity contribution in [3.63, 3.8) is 0 Å². The van der Waals surface area contributed by atoms with E-state index < -0.39 is 6.04 Å². The van der Waals surface area contributed by atoms with Gasteiger partial charge >= 0.3 is 6.03 Å². The zero-order chi connectivity index (χ0) is 15.4. The fourth-order valence-electron chi connectivity index (χ4n) is 1.86. The number of urea groups is 1. The number of carbonyl (C=O) groups is 2. The van der Waals surface area contributed by atoms with Crippen molar-refractivity contribution in [3.8, 4) is 0 Å². The van der Waals surface area contributed by atoms with Gasteiger partial charge in [-0.2, -0.15) is 0 Å². The Morgan fingerprint density at radius 1 is 1.19 bits per heavy atom. The number of nitrogens with two attached hydrogens (primary N) is 1. The van der Waals surface area contributed by atoms with Gasteiger partial charge in [0.2, 0.25) is 5.91 Å². The van der Waals surface area contributed by atoms with Gasteiger partial charge in [-0.15, -0.1) is 0 Å². The van der Waals surface area contributed by atoms with E-state index in [1.54, 1.807) is 6.92 Å². The van der Waals surface area contributed by atoms with Crippen molar-refractivity contribution in [1.82, 2.24) is 10.6 Å². The third-order valence-electron chi connectivity index (χ3n) is 3.35. The van der Waals surface area contributed by atoms with Gasteiger partial charge in [0, 0.05) is 11.7 Å². The molecule has 0 saturated heterocycles. The lowest BCUT2D eigenvalue weighted by Gasteiger charge is -2.16. The second kappa shape index (κ2) is 6.58. The van der Waals surface area contributed by atoms with Crippen molar-refractivity contribution >= 4 is 17.6 Å². The first-order chi connectivity index (χ1) is 9.95. The maximum Gasteiger partial charge on any atom is 0.319 e. The van der Waals surface area contributed by atoms with Crippen LogP contribution in [0.25, 0.3) is 0 Å². The molecule has 2 rings (SSSR count). The standard InChI is InChI=1S/C15H22N4O2/c1-9(16)14(20)17-10(2)11-3-5-12(6-4-11)18-15(21)19-13-7-8-13/h3-6,9-10,13H,7-8,16H2,1-2H3,(H,17,20)(H2,18,19,21)/t9-,10?/m1/s1. The van der Waals surface area contributed by atoms with E-state index in [4.69, 9.17) is 5.73 Å². The summed E-state index contributed by atoms with van der Waals surface area (Å²) in [5.41, 5.74) is 7.20. The van der Waals surface area contributed by atoms with Gasteiger partial charge in [0.05, 0.1) is 12.1 Å². The van der Waals surface area contributed by atoms with Gasteiger partial charge in [-0.05, 0) is 44.4 Å². The van der Waals surface area contributed by atoms with Gasteiger partial charge < -0.3 is 21.7 Å². The van der Waals surface area contributed by atoms with Crippen LogP contribution in [-0.4, -0.2) is 24.0 Å². The highest BCUT2D eigenvalue weighted by Gasteiger charge is 2.23. The smallest absolute Gasteiger partial charge is 0.319 e. The van der Waals surface area contributed by atoms with Gasteiger partial charge in [-0.3, -0.25) is 4.79 Å². The van der Waals surface area contributed by atoms with Crippen molar-refractivity contribution in [3.05, 3.63) is 29.8 Å². The van der Waals surface area contributed by atoms with E-state index in [0.717, 1.165) is 24.1 Å². The summed E-state index contributed by atoms with van der Waals surface area (Å²) in [7, 11) is 0. The fraction of sp³-hybridized carbons (Fsp3) is 0.467. The van der Waals surface area contributed by atoms with Crippen LogP contribution in [0.1, 0.15) is 38.3 Å². The summed E-state index contributed by atoms with van der Waals surface area (Å²) < 4.78 is 0. The second-order valence-corrected chi connectivity index (χ2v) is 5.51. The minimum Gasteiger partial charge on any atom is -0.348 e. The second-order valence-electron chi connectivity index (χ2n) is 5.51. The number of carbonyl (C=O) groups excluding carboxylic acids is 2. The van der Waals surface area contributed by atoms with E-state index in [0.29, 0.717) is 6.04 Å². The Balaban J connectivity index is 1.88. The van der Waals surface area contributed by atoms with Crippen LogP contribution in [0.4, 0.5) is 10.5 Å². The van der Waals surface area contributed by atoms with Crippen LogP contribution in [0.2, 0.25) is 0 Å². The van der Waals surface area contributed by atoms with E-state index in [2.05, 4.69) is 16.0 Å². The fourth-order valence-corrected chi connectivity index (χ4v) is 1.86. The van der Waals surface area contributed by atoms with Crippen molar-refractivity contribution in [2.75, 3.05) is 5.32 Å². The number of hydrogen-bond acceptors (Lipinski definition) is 3. The summed E-state index contributed by atoms with van der Waals surface area (Å²) in [4.78, 5) is 23.2. The summed E-state index contributed by atoms with van der Waals surface area (Å²) in [6, 6.07) is 6.88. The zero-order valence-electron chi connectivity index (χ0n) is 12.3. The Morgan fingerprint density at radius 2 is 1.81 bits per heavy atom. The topological polar surface area (TPSA) is 96.2 Å². The first-order valence-corrected chi connectivity index (χ1v) is 7.19. The summed E-state index contributed by atoms with van der Waals surface area (Å²) >= 11 is 0. The largest absolute Gasteiger partial charge is 0.348 e. The highest BCUT2D eigenvalue weighted by molar-refractivity contribution is 5.89. The van der Waals surface area contributed by atoms with E-state index in [9.17, 15) is 9.59 Å². The molecule has 3 amide bonds. The lowest BCUT2D eigenvalue weighted by atomic mass is 10.1. The minimum absolute atomic E-state index is 0.127. The molecule has 2 atom stereocenters. The molecule has 0 aliphatic heterocycles. The molecule has 5 N–H and O–H groups in total. The molecule has 6 nitrogen and oxygen atoms in total. The van der Waals surface area contributed by atoms with E-state index >= 15 is 0 Å². The van der Waals surface area contributed by atoms with Crippen LogP contribution in [0.3, 0.4) is 0 Å². The molecule has 114 valence electrons. The van der Waals surface area contributed by atoms with Crippen LogP contribution in [0, 0.1) is 0 Å². The average Bonchev–Trinajstić information content (AvgIpc) is 3.23. The van der Waals surface area contributed by atoms with Crippen molar-refractivity contribution in [1.29, 1.82) is 0 Å². The van der Waals surface area contributed by atoms with Crippen molar-refractivity contribution in [2.24, 2.45) is 5.73 Å². The molecule has 0 heterocycles. The van der Waals surface area contributed by atoms with Crippen molar-refractivity contribution in [2.45, 2.75) is 44.8 Å². The molecule has 1 aromatic carbocycles. The number of benzene rings is 1. The molecule has 1 aliphatic rings. The number of amides is 3. The number of anilines is 1. The molecule has 1 unspecified atom stereocenters. The maximum atomic E-state index is 11.6. The molecular weight excluding hydrogens is 268 g/mol. The Morgan fingerprint density at radius 3 is 2.33 bits per heavy atom. The third-order valence-corrected chi connectivity index (χ3v) is 3.35. The number of hydrogen-bond donors (Lipinski definition) is 4. The lowest BCUT2D eigenvalue weighted by Crippen LogP contribution is -2.39. The monoisotopic (exact) mass is 290 g/mol. The normalized spacial score (nSPS) is 16.7. The first kappa shape index (κ1) is 15.3. The SMILES string of the molecule is CC(NC(=O)[C@@H](C)N)c1ccc(NC(=O)NC2CC2)cc1. The maximum absolute atomic E-state index is 11.6. The lowest BCUT2D eigenvalue weighted by molar-refractivity contribution is -0.122. The molecule has 1 aromatic rings. The Labute approximate surface area is 124 Å². The minimum atomic E-state index is -0.528. The van der Waals surface area contributed by atoms with Crippen LogP contribution in [0.15, 0.2) is 24.3 Å². The van der Waals surface area contributed by atoms with E-state index in [1.165, 1.54) is 0 Å². The Kier molecular flexibility index (Phi) is 4.80. The van der Waals surface area contributed by atoms with Gasteiger partial charge in [-0.1, -0.05) is 12.1 Å². The van der Waals surface area contributed by atoms with Gasteiger partial charge in [-0.25, -0.2) is 4.79 Å². The van der Waals surface area contributed by atoms with Crippen LogP contribution < -0.4 is 21.7 Å². The number of nitrogens with one attached hydrogen (secondary N) is 3. The van der Waals surface area contributed by atoms with E-state index in [1.807, 2.05) is 31.2 Å². The molecule has 0 spiro atoms. The van der Waals surface area contributed by atoms with E-state index in [-0.39, 0.29) is 18.0 Å². The highest BCUT2D eigenvalue weighted by Crippen LogP contribution is 2.19. The zero-order valence-corrected chi connectivity index (χ0v) is 12.3. The average molecular weight is 290 g/mol. The molecular formula is C15H22N4O2. The summed E-state index contributed by atoms with van der Waals surface area (Å²) in [6.45, 7) is 3.54. The molecule has 21 heavy (non-hydrogen) atoms. The molecule has 1 saturated carbocycles. The highest BCUT2D eigenvalue weighted by atomic mass is 16.2. The quantitative estimate of drug-likeness (QED) is 0.661. The van der Waals surface area contributed by atoms with Crippen LogP contribution in [0.5, 0.6) is 0 Å². The number of rotatable bonds is 5. The first-order valence-electron chi connectivity index (χ1n) is 7.19. The van der Waals surface area contributed by atoms with Crippen LogP contribution >= 0.6 is 0 Å². The van der Waals surface area contributed by atoms with Gasteiger partial charge in [0.15, 0.2) is 0 Å². The molecule has 0 radical (unpaired) electrons. The van der Waals surface area contributed by atoms with Gasteiger partial charge in [0.1, 0.15) is 0 Å². The van der Waals surface area contributed by atoms with Crippen LogP contribution in [-0.2, 0) is 4.79 Å². The summed E-state index contributed by atoms with van der Waals surface area (Å²) in [5, 5.41) is 8.46. The predicted molar refractivity (Wildman–Crippen MR) is 81.8 cm³/mol. The molecule has 6 heteroatoms.